The van der Waals surface area contributed by atoms with Gasteiger partial charge in [0.1, 0.15) is 11.2 Å². The Labute approximate surface area is 295 Å². The Morgan fingerprint density at radius 2 is 1.10 bits per heavy atom. The average molecular weight is 671 g/mol. The van der Waals surface area contributed by atoms with Gasteiger partial charge in [-0.05, 0) is 59.7 Å². The van der Waals surface area contributed by atoms with Crippen molar-refractivity contribution < 1.29 is 4.42 Å². The zero-order chi connectivity index (χ0) is 33.5. The molecule has 0 saturated carbocycles. The zero-order valence-corrected chi connectivity index (χ0v) is 27.9. The molecule has 0 amide bonds. The summed E-state index contributed by atoms with van der Waals surface area (Å²) >= 11 is 1.84. The largest absolute Gasteiger partial charge is 0.456 e. The molecule has 51 heavy (non-hydrogen) atoms. The second-order valence-electron chi connectivity index (χ2n) is 12.8. The maximum Gasteiger partial charge on any atom is 0.238 e. The van der Waals surface area contributed by atoms with Gasteiger partial charge in [-0.2, -0.15) is 9.97 Å². The number of aromatic nitrogens is 4. The van der Waals surface area contributed by atoms with Crippen LogP contribution in [0.15, 0.2) is 162 Å². The minimum Gasteiger partial charge on any atom is -0.456 e. The number of furan rings is 1. The summed E-state index contributed by atoms with van der Waals surface area (Å²) in [5, 5.41) is 6.98. The van der Waals surface area contributed by atoms with Crippen molar-refractivity contribution in [1.82, 2.24) is 19.5 Å². The van der Waals surface area contributed by atoms with Crippen molar-refractivity contribution in [3.63, 3.8) is 0 Å². The summed E-state index contributed by atoms with van der Waals surface area (Å²) in [5.41, 5.74) is 7.95. The summed E-state index contributed by atoms with van der Waals surface area (Å²) < 4.78 is 11.2. The molecule has 0 atom stereocenters. The Morgan fingerprint density at radius 1 is 0.431 bits per heavy atom. The van der Waals surface area contributed by atoms with Crippen LogP contribution in [0.3, 0.4) is 0 Å². The van der Waals surface area contributed by atoms with E-state index in [1.165, 1.54) is 25.7 Å². The fourth-order valence-corrected chi connectivity index (χ4v) is 8.74. The third kappa shape index (κ3) is 4.37. The van der Waals surface area contributed by atoms with Gasteiger partial charge in [-0.25, -0.2) is 4.98 Å². The summed E-state index contributed by atoms with van der Waals surface area (Å²) in [6.07, 6.45) is 0. The van der Waals surface area contributed by atoms with Crippen molar-refractivity contribution >= 4 is 75.3 Å². The number of nitrogens with zero attached hydrogens (tertiary/aromatic N) is 4. The van der Waals surface area contributed by atoms with Gasteiger partial charge in [0.05, 0.1) is 11.0 Å². The molecule has 0 unspecified atom stereocenters. The van der Waals surface area contributed by atoms with Gasteiger partial charge in [0.25, 0.3) is 0 Å². The Kier molecular flexibility index (Phi) is 6.05. The van der Waals surface area contributed by atoms with Crippen LogP contribution in [0, 0.1) is 0 Å². The first-order valence-corrected chi connectivity index (χ1v) is 17.8. The Morgan fingerprint density at radius 3 is 1.90 bits per heavy atom. The van der Waals surface area contributed by atoms with Crippen LogP contribution in [0.2, 0.25) is 0 Å². The smallest absolute Gasteiger partial charge is 0.238 e. The highest BCUT2D eigenvalue weighted by Gasteiger charge is 2.19. The van der Waals surface area contributed by atoms with Crippen LogP contribution in [-0.2, 0) is 0 Å². The van der Waals surface area contributed by atoms with E-state index in [4.69, 9.17) is 19.4 Å². The lowest BCUT2D eigenvalue weighted by atomic mass is 10.0. The van der Waals surface area contributed by atoms with Gasteiger partial charge in [0, 0.05) is 52.8 Å². The molecule has 0 aliphatic heterocycles. The van der Waals surface area contributed by atoms with Crippen molar-refractivity contribution in [2.24, 2.45) is 0 Å². The van der Waals surface area contributed by atoms with Gasteiger partial charge < -0.3 is 4.42 Å². The fourth-order valence-electron chi connectivity index (χ4n) is 7.51. The zero-order valence-electron chi connectivity index (χ0n) is 27.1. The number of hydrogen-bond acceptors (Lipinski definition) is 5. The minimum atomic E-state index is 0.577. The molecule has 7 aromatic carbocycles. The standard InChI is InChI=1S/C45H26N4OS/c1-2-11-27(12-3-1)43-46-44(48-45(47-43)49-37-18-7-4-13-31(37)32-14-5-8-19-38(32)49)29-22-24-39-36(25-29)33-23-21-28(26-40(33)50-39)30-16-10-17-35-34-15-6-9-20-41(34)51-42(30)35/h1-26H. The molecule has 11 aromatic rings. The first-order chi connectivity index (χ1) is 25.3. The molecule has 4 heterocycles. The van der Waals surface area contributed by atoms with E-state index < -0.39 is 0 Å². The molecule has 0 bridgehead atoms. The van der Waals surface area contributed by atoms with Crippen LogP contribution in [0.25, 0.3) is 104 Å². The topological polar surface area (TPSA) is 56.7 Å². The van der Waals surface area contributed by atoms with E-state index in [0.29, 0.717) is 17.6 Å². The molecule has 238 valence electrons. The third-order valence-corrected chi connectivity index (χ3v) is 11.1. The lowest BCUT2D eigenvalue weighted by molar-refractivity contribution is 0.669. The molecular formula is C45H26N4OS. The summed E-state index contributed by atoms with van der Waals surface area (Å²) in [4.78, 5) is 15.3. The molecular weight excluding hydrogens is 645 g/mol. The van der Waals surface area contributed by atoms with Gasteiger partial charge in [-0.15, -0.1) is 11.3 Å². The minimum absolute atomic E-state index is 0.577. The van der Waals surface area contributed by atoms with Crippen molar-refractivity contribution in [2.75, 3.05) is 0 Å². The van der Waals surface area contributed by atoms with Crippen molar-refractivity contribution in [3.8, 4) is 39.9 Å². The lowest BCUT2D eigenvalue weighted by Gasteiger charge is -2.11. The van der Waals surface area contributed by atoms with E-state index >= 15 is 0 Å². The lowest BCUT2D eigenvalue weighted by Crippen LogP contribution is -2.06. The Hall–Kier alpha value is -6.63. The molecule has 0 aliphatic rings. The molecule has 0 N–H and O–H groups in total. The second-order valence-corrected chi connectivity index (χ2v) is 13.9. The van der Waals surface area contributed by atoms with Gasteiger partial charge in [0.15, 0.2) is 11.6 Å². The van der Waals surface area contributed by atoms with Crippen LogP contribution in [0.4, 0.5) is 0 Å². The monoisotopic (exact) mass is 670 g/mol. The molecule has 0 aliphatic carbocycles. The van der Waals surface area contributed by atoms with Crippen LogP contribution in [-0.4, -0.2) is 19.5 Å². The van der Waals surface area contributed by atoms with E-state index in [2.05, 4.69) is 120 Å². The van der Waals surface area contributed by atoms with E-state index in [-0.39, 0.29) is 0 Å². The average Bonchev–Trinajstić information content (AvgIpc) is 3.87. The van der Waals surface area contributed by atoms with E-state index in [0.717, 1.165) is 60.4 Å². The van der Waals surface area contributed by atoms with Crippen LogP contribution < -0.4 is 0 Å². The molecule has 0 radical (unpaired) electrons. The summed E-state index contributed by atoms with van der Waals surface area (Å²) in [7, 11) is 0. The normalized spacial score (nSPS) is 11.9. The molecule has 5 nitrogen and oxygen atoms in total. The van der Waals surface area contributed by atoms with Crippen LogP contribution in [0.1, 0.15) is 0 Å². The molecule has 11 rings (SSSR count). The molecule has 0 spiro atoms. The van der Waals surface area contributed by atoms with Crippen molar-refractivity contribution in [3.05, 3.63) is 158 Å². The first-order valence-electron chi connectivity index (χ1n) is 16.9. The van der Waals surface area contributed by atoms with Gasteiger partial charge in [0.2, 0.25) is 5.95 Å². The van der Waals surface area contributed by atoms with Gasteiger partial charge in [-0.1, -0.05) is 109 Å². The Bertz CT molecular complexity index is 3100. The molecule has 4 aromatic heterocycles. The number of benzene rings is 7. The summed E-state index contributed by atoms with van der Waals surface area (Å²) in [6.45, 7) is 0. The summed E-state index contributed by atoms with van der Waals surface area (Å²) in [6, 6.07) is 54.9. The van der Waals surface area contributed by atoms with Gasteiger partial charge in [-0.3, -0.25) is 4.57 Å². The highest BCUT2D eigenvalue weighted by Crippen LogP contribution is 2.42. The SMILES string of the molecule is c1ccc(-c2nc(-c3ccc4oc5cc(-c6cccc7c6sc6ccccc67)ccc5c4c3)nc(-n3c4ccccc4c4ccccc43)n2)cc1. The predicted octanol–water partition coefficient (Wildman–Crippen LogP) is 12.2. The third-order valence-electron chi connectivity index (χ3n) is 9.88. The summed E-state index contributed by atoms with van der Waals surface area (Å²) in [5.74, 6) is 1.80. The molecule has 6 heteroatoms. The quantitative estimate of drug-likeness (QED) is 0.187. The number of para-hydroxylation sites is 2. The molecule has 0 saturated heterocycles. The number of fused-ring (bicyclic) bond motifs is 9. The Balaban J connectivity index is 1.08. The van der Waals surface area contributed by atoms with Crippen molar-refractivity contribution in [2.45, 2.75) is 0 Å². The van der Waals surface area contributed by atoms with Gasteiger partial charge >= 0.3 is 0 Å². The number of hydrogen-bond donors (Lipinski definition) is 0. The van der Waals surface area contributed by atoms with E-state index in [1.54, 1.807) is 0 Å². The highest BCUT2D eigenvalue weighted by atomic mass is 32.1. The van der Waals surface area contributed by atoms with E-state index in [1.807, 2.05) is 53.8 Å². The van der Waals surface area contributed by atoms with Crippen LogP contribution >= 0.6 is 11.3 Å². The fraction of sp³-hybridized carbons (Fsp3) is 0. The molecule has 0 fully saturated rings. The predicted molar refractivity (Wildman–Crippen MR) is 211 cm³/mol. The highest BCUT2D eigenvalue weighted by molar-refractivity contribution is 7.26. The maximum absolute atomic E-state index is 6.49. The van der Waals surface area contributed by atoms with Crippen LogP contribution in [0.5, 0.6) is 0 Å². The van der Waals surface area contributed by atoms with Crippen molar-refractivity contribution in [1.29, 1.82) is 0 Å². The second kappa shape index (κ2) is 10.9. The van der Waals surface area contributed by atoms with E-state index in [9.17, 15) is 0 Å². The number of thiophene rings is 1. The number of rotatable bonds is 4. The first kappa shape index (κ1) is 28.2. The maximum atomic E-state index is 6.49.